The van der Waals surface area contributed by atoms with E-state index in [1.54, 1.807) is 13.1 Å². The Hall–Kier alpha value is -1.65. The van der Waals surface area contributed by atoms with Crippen LogP contribution in [0, 0.1) is 0 Å². The lowest BCUT2D eigenvalue weighted by atomic mass is 10.1. The van der Waals surface area contributed by atoms with E-state index in [9.17, 15) is 5.11 Å². The minimum Gasteiger partial charge on any atom is -0.398 e. The van der Waals surface area contributed by atoms with E-state index in [1.807, 2.05) is 31.3 Å². The summed E-state index contributed by atoms with van der Waals surface area (Å²) < 4.78 is 0. The van der Waals surface area contributed by atoms with Gasteiger partial charge < -0.3 is 10.8 Å². The van der Waals surface area contributed by atoms with Crippen molar-refractivity contribution < 1.29 is 5.11 Å². The Bertz CT molecular complexity index is 540. The van der Waals surface area contributed by atoms with Crippen molar-refractivity contribution in [2.45, 2.75) is 19.6 Å². The zero-order chi connectivity index (χ0) is 13.1. The van der Waals surface area contributed by atoms with Gasteiger partial charge in [0.25, 0.3) is 0 Å². The highest BCUT2D eigenvalue weighted by Crippen LogP contribution is 2.23. The standard InChI is InChI=1S/C14H19N3O/c1-10(18)8-17(2)9-11-5-6-13(15)12-4-3-7-16-14(11)12/h3-7,10,18H,8-9,15H2,1-2H3. The van der Waals surface area contributed by atoms with Crippen LogP contribution in [0.25, 0.3) is 10.9 Å². The molecule has 96 valence electrons. The molecule has 0 aliphatic rings. The quantitative estimate of drug-likeness (QED) is 0.804. The maximum Gasteiger partial charge on any atom is 0.0767 e. The summed E-state index contributed by atoms with van der Waals surface area (Å²) in [7, 11) is 1.98. The predicted octanol–water partition coefficient (Wildman–Crippen LogP) is 1.63. The van der Waals surface area contributed by atoms with E-state index in [-0.39, 0.29) is 6.10 Å². The van der Waals surface area contributed by atoms with Gasteiger partial charge in [-0.1, -0.05) is 6.07 Å². The van der Waals surface area contributed by atoms with Gasteiger partial charge in [0.2, 0.25) is 0 Å². The molecule has 4 heteroatoms. The van der Waals surface area contributed by atoms with E-state index in [4.69, 9.17) is 5.73 Å². The fourth-order valence-electron chi connectivity index (χ4n) is 2.19. The van der Waals surface area contributed by atoms with Gasteiger partial charge in [-0.2, -0.15) is 0 Å². The lowest BCUT2D eigenvalue weighted by molar-refractivity contribution is 0.138. The molecule has 1 atom stereocenters. The summed E-state index contributed by atoms with van der Waals surface area (Å²) in [5, 5.41) is 10.4. The molecule has 0 radical (unpaired) electrons. The van der Waals surface area contributed by atoms with Gasteiger partial charge in [-0.05, 0) is 37.7 Å². The van der Waals surface area contributed by atoms with Crippen LogP contribution in [0.15, 0.2) is 30.5 Å². The first kappa shape index (κ1) is 12.8. The maximum atomic E-state index is 9.38. The van der Waals surface area contributed by atoms with Crippen molar-refractivity contribution in [1.82, 2.24) is 9.88 Å². The van der Waals surface area contributed by atoms with Crippen LogP contribution in [-0.2, 0) is 6.54 Å². The average Bonchev–Trinajstić information content (AvgIpc) is 2.32. The van der Waals surface area contributed by atoms with Gasteiger partial charge in [0.1, 0.15) is 0 Å². The molecule has 2 rings (SSSR count). The summed E-state index contributed by atoms with van der Waals surface area (Å²) in [5.74, 6) is 0. The number of aliphatic hydroxyl groups is 1. The Kier molecular flexibility index (Phi) is 3.79. The molecular weight excluding hydrogens is 226 g/mol. The number of rotatable bonds is 4. The van der Waals surface area contributed by atoms with Crippen LogP contribution in [0.4, 0.5) is 5.69 Å². The van der Waals surface area contributed by atoms with Crippen LogP contribution >= 0.6 is 0 Å². The van der Waals surface area contributed by atoms with Crippen molar-refractivity contribution in [3.05, 3.63) is 36.0 Å². The second-order valence-corrected chi connectivity index (χ2v) is 4.76. The number of aliphatic hydroxyl groups excluding tert-OH is 1. The summed E-state index contributed by atoms with van der Waals surface area (Å²) in [6.45, 7) is 3.17. The third kappa shape index (κ3) is 2.78. The van der Waals surface area contributed by atoms with Crippen LogP contribution in [0.2, 0.25) is 0 Å². The molecule has 0 saturated heterocycles. The van der Waals surface area contributed by atoms with E-state index in [0.29, 0.717) is 6.54 Å². The number of fused-ring (bicyclic) bond motifs is 1. The fraction of sp³-hybridized carbons (Fsp3) is 0.357. The number of nitrogen functional groups attached to an aromatic ring is 1. The van der Waals surface area contributed by atoms with Gasteiger partial charge in [0.15, 0.2) is 0 Å². The number of nitrogens with zero attached hydrogens (tertiary/aromatic N) is 2. The Balaban J connectivity index is 2.31. The largest absolute Gasteiger partial charge is 0.398 e. The molecule has 3 N–H and O–H groups in total. The molecule has 0 bridgehead atoms. The van der Waals surface area contributed by atoms with Crippen molar-refractivity contribution in [1.29, 1.82) is 0 Å². The fourth-order valence-corrected chi connectivity index (χ4v) is 2.19. The lowest BCUT2D eigenvalue weighted by Crippen LogP contribution is -2.26. The molecule has 1 heterocycles. The minimum absolute atomic E-state index is 0.331. The van der Waals surface area contributed by atoms with Gasteiger partial charge in [0, 0.05) is 30.4 Å². The van der Waals surface area contributed by atoms with E-state index >= 15 is 0 Å². The number of pyridine rings is 1. The van der Waals surface area contributed by atoms with Crippen LogP contribution in [0.5, 0.6) is 0 Å². The summed E-state index contributed by atoms with van der Waals surface area (Å²) in [4.78, 5) is 6.48. The van der Waals surface area contributed by atoms with E-state index < -0.39 is 0 Å². The van der Waals surface area contributed by atoms with Crippen LogP contribution < -0.4 is 5.73 Å². The number of aromatic nitrogens is 1. The number of hydrogen-bond acceptors (Lipinski definition) is 4. The first-order valence-electron chi connectivity index (χ1n) is 6.06. The Morgan fingerprint density at radius 3 is 2.89 bits per heavy atom. The third-order valence-corrected chi connectivity index (χ3v) is 2.90. The SMILES string of the molecule is CC(O)CN(C)Cc1ccc(N)c2cccnc12. The molecule has 2 aromatic rings. The number of anilines is 1. The van der Waals surface area contributed by atoms with Gasteiger partial charge in [-0.25, -0.2) is 0 Å². The predicted molar refractivity (Wildman–Crippen MR) is 74.2 cm³/mol. The summed E-state index contributed by atoms with van der Waals surface area (Å²) >= 11 is 0. The minimum atomic E-state index is -0.331. The lowest BCUT2D eigenvalue weighted by Gasteiger charge is -2.19. The molecule has 0 amide bonds. The van der Waals surface area contributed by atoms with Gasteiger partial charge in [-0.15, -0.1) is 0 Å². The number of hydrogen-bond donors (Lipinski definition) is 2. The summed E-state index contributed by atoms with van der Waals surface area (Å²) in [5.41, 5.74) is 8.76. The highest BCUT2D eigenvalue weighted by atomic mass is 16.3. The van der Waals surface area contributed by atoms with Gasteiger partial charge in [0.05, 0.1) is 11.6 Å². The van der Waals surface area contributed by atoms with Crippen molar-refractivity contribution in [2.24, 2.45) is 0 Å². The van der Waals surface area contributed by atoms with Crippen molar-refractivity contribution in [3.8, 4) is 0 Å². The second kappa shape index (κ2) is 5.33. The number of likely N-dealkylation sites (N-methyl/N-ethyl adjacent to an activating group) is 1. The zero-order valence-corrected chi connectivity index (χ0v) is 10.8. The normalized spacial score (nSPS) is 13.1. The van der Waals surface area contributed by atoms with Crippen LogP contribution in [-0.4, -0.2) is 34.7 Å². The molecule has 0 fully saturated rings. The molecule has 1 aromatic carbocycles. The molecule has 1 aromatic heterocycles. The van der Waals surface area contributed by atoms with E-state index in [0.717, 1.165) is 28.7 Å². The average molecular weight is 245 g/mol. The molecule has 18 heavy (non-hydrogen) atoms. The topological polar surface area (TPSA) is 62.4 Å². The molecule has 0 aliphatic heterocycles. The first-order valence-corrected chi connectivity index (χ1v) is 6.06. The highest BCUT2D eigenvalue weighted by Gasteiger charge is 2.09. The Labute approximate surface area is 107 Å². The monoisotopic (exact) mass is 245 g/mol. The molecule has 4 nitrogen and oxygen atoms in total. The molecular formula is C14H19N3O. The Morgan fingerprint density at radius 2 is 2.17 bits per heavy atom. The Morgan fingerprint density at radius 1 is 1.39 bits per heavy atom. The summed E-state index contributed by atoms with van der Waals surface area (Å²) in [6.07, 6.45) is 1.45. The first-order chi connectivity index (χ1) is 8.58. The maximum absolute atomic E-state index is 9.38. The van der Waals surface area contributed by atoms with Crippen LogP contribution in [0.1, 0.15) is 12.5 Å². The van der Waals surface area contributed by atoms with Gasteiger partial charge in [-0.3, -0.25) is 9.88 Å². The van der Waals surface area contributed by atoms with E-state index in [2.05, 4.69) is 9.88 Å². The molecule has 0 saturated carbocycles. The smallest absolute Gasteiger partial charge is 0.0767 e. The molecule has 1 unspecified atom stereocenters. The highest BCUT2D eigenvalue weighted by molar-refractivity contribution is 5.92. The summed E-state index contributed by atoms with van der Waals surface area (Å²) in [6, 6.07) is 7.79. The second-order valence-electron chi connectivity index (χ2n) is 4.76. The number of nitrogens with two attached hydrogens (primary N) is 1. The van der Waals surface area contributed by atoms with Crippen molar-refractivity contribution in [3.63, 3.8) is 0 Å². The van der Waals surface area contributed by atoms with Crippen molar-refractivity contribution in [2.75, 3.05) is 19.3 Å². The molecule has 0 aliphatic carbocycles. The molecule has 0 spiro atoms. The third-order valence-electron chi connectivity index (χ3n) is 2.90. The zero-order valence-electron chi connectivity index (χ0n) is 10.8. The van der Waals surface area contributed by atoms with Crippen LogP contribution in [0.3, 0.4) is 0 Å². The van der Waals surface area contributed by atoms with E-state index in [1.165, 1.54) is 0 Å². The van der Waals surface area contributed by atoms with Crippen molar-refractivity contribution >= 4 is 16.6 Å². The number of benzene rings is 1. The van der Waals surface area contributed by atoms with Gasteiger partial charge >= 0.3 is 0 Å².